The van der Waals surface area contributed by atoms with Crippen molar-refractivity contribution in [3.05, 3.63) is 59.3 Å². The van der Waals surface area contributed by atoms with Crippen LogP contribution in [-0.2, 0) is 4.74 Å². The van der Waals surface area contributed by atoms with E-state index in [0.717, 1.165) is 18.4 Å². The van der Waals surface area contributed by atoms with Gasteiger partial charge in [-0.1, -0.05) is 18.2 Å². The van der Waals surface area contributed by atoms with Crippen LogP contribution < -0.4 is 4.74 Å². The molecule has 2 aromatic carbocycles. The number of aromatic nitrogens is 2. The van der Waals surface area contributed by atoms with Gasteiger partial charge in [0.25, 0.3) is 5.91 Å². The smallest absolute Gasteiger partial charge is 0.273 e. The van der Waals surface area contributed by atoms with Crippen LogP contribution in [0.25, 0.3) is 11.3 Å². The maximum Gasteiger partial charge on any atom is 0.273 e. The van der Waals surface area contributed by atoms with E-state index in [2.05, 4.69) is 10.2 Å². The van der Waals surface area contributed by atoms with Gasteiger partial charge in [0.15, 0.2) is 11.5 Å². The van der Waals surface area contributed by atoms with Crippen molar-refractivity contribution in [3.8, 4) is 28.5 Å². The Bertz CT molecular complexity index is 1150. The summed E-state index contributed by atoms with van der Waals surface area (Å²) in [7, 11) is 0. The van der Waals surface area contributed by atoms with Gasteiger partial charge in [-0.25, -0.2) is 0 Å². The number of carbonyl (C=O) groups is 1. The highest BCUT2D eigenvalue weighted by Gasteiger charge is 2.43. The molecule has 0 radical (unpaired) electrons. The number of hydrogen-bond donors (Lipinski definition) is 3. The number of aromatic hydroxyl groups is 2. The third kappa shape index (κ3) is 3.36. The van der Waals surface area contributed by atoms with Gasteiger partial charge in [0.1, 0.15) is 17.1 Å². The third-order valence-electron chi connectivity index (χ3n) is 6.05. The van der Waals surface area contributed by atoms with Crippen molar-refractivity contribution in [1.82, 2.24) is 15.1 Å². The molecule has 5 rings (SSSR count). The fraction of sp³-hybridized carbons (Fsp3) is 0.333. The van der Waals surface area contributed by atoms with Crippen LogP contribution in [0.4, 0.5) is 0 Å². The minimum atomic E-state index is -0.463. The zero-order valence-corrected chi connectivity index (χ0v) is 17.7. The number of amides is 1. The lowest BCUT2D eigenvalue weighted by molar-refractivity contribution is 0.0495. The number of H-pyrrole nitrogens is 1. The van der Waals surface area contributed by atoms with E-state index in [1.54, 1.807) is 41.3 Å². The molecule has 0 unspecified atom stereocenters. The number of phenols is 2. The molecule has 0 aliphatic carbocycles. The second-order valence-electron chi connectivity index (χ2n) is 8.03. The zero-order chi connectivity index (χ0) is 22.2. The molecular weight excluding hydrogens is 410 g/mol. The molecule has 166 valence electrons. The Morgan fingerprint density at radius 3 is 2.81 bits per heavy atom. The normalized spacial score (nSPS) is 20.0. The topological polar surface area (TPSA) is 108 Å². The number of carbonyl (C=O) groups excluding carboxylic acids is 1. The first kappa shape index (κ1) is 20.4. The number of nitrogens with one attached hydrogen (secondary N) is 1. The lowest BCUT2D eigenvalue weighted by Gasteiger charge is -2.29. The molecule has 8 nitrogen and oxygen atoms in total. The van der Waals surface area contributed by atoms with Crippen molar-refractivity contribution >= 4 is 5.91 Å². The number of nitrogens with zero attached hydrogens (tertiary/aromatic N) is 2. The molecule has 2 aliphatic rings. The SMILES string of the molecule is CCOc1cc([C@H]2c3c(-c4ccccc4O)n[nH]c3C(=O)N2C[C@H]2CCCO2)ccc1O. The molecular formula is C24H25N3O5. The second-order valence-corrected chi connectivity index (χ2v) is 8.03. The fourth-order valence-corrected chi connectivity index (χ4v) is 4.59. The van der Waals surface area contributed by atoms with Crippen molar-refractivity contribution in [2.75, 3.05) is 19.8 Å². The molecule has 3 N–H and O–H groups in total. The van der Waals surface area contributed by atoms with Gasteiger partial charge >= 0.3 is 0 Å². The molecule has 0 saturated carbocycles. The van der Waals surface area contributed by atoms with E-state index < -0.39 is 6.04 Å². The summed E-state index contributed by atoms with van der Waals surface area (Å²) in [6.45, 7) is 3.39. The van der Waals surface area contributed by atoms with E-state index in [-0.39, 0.29) is 23.5 Å². The van der Waals surface area contributed by atoms with E-state index in [1.165, 1.54) is 0 Å². The fourth-order valence-electron chi connectivity index (χ4n) is 4.59. The first-order chi connectivity index (χ1) is 15.6. The van der Waals surface area contributed by atoms with Crippen LogP contribution in [0.2, 0.25) is 0 Å². The standard InChI is InChI=1S/C24H25N3O5/c1-2-31-19-12-14(9-10-18(19)29)23-20-21(16-7-3-4-8-17(16)28)25-26-22(20)24(30)27(23)13-15-6-5-11-32-15/h3-4,7-10,12,15,23,28-29H,2,5-6,11,13H2,1H3,(H,25,26)/t15-,23+/m1/s1. The molecule has 1 saturated heterocycles. The Morgan fingerprint density at radius 2 is 2.06 bits per heavy atom. The number of aromatic amines is 1. The summed E-state index contributed by atoms with van der Waals surface area (Å²) in [5.74, 6) is 0.321. The third-order valence-corrected chi connectivity index (χ3v) is 6.05. The summed E-state index contributed by atoms with van der Waals surface area (Å²) >= 11 is 0. The van der Waals surface area contributed by atoms with Crippen LogP contribution >= 0.6 is 0 Å². The van der Waals surface area contributed by atoms with Gasteiger partial charge in [-0.15, -0.1) is 0 Å². The van der Waals surface area contributed by atoms with Crippen LogP contribution in [0.15, 0.2) is 42.5 Å². The van der Waals surface area contributed by atoms with Gasteiger partial charge in [-0.3, -0.25) is 9.89 Å². The number of fused-ring (bicyclic) bond motifs is 1. The summed E-state index contributed by atoms with van der Waals surface area (Å²) in [5, 5.41) is 27.9. The van der Waals surface area contributed by atoms with Crippen molar-refractivity contribution < 1.29 is 24.5 Å². The van der Waals surface area contributed by atoms with Gasteiger partial charge in [-0.05, 0) is 49.6 Å². The molecule has 0 spiro atoms. The zero-order valence-electron chi connectivity index (χ0n) is 17.7. The van der Waals surface area contributed by atoms with E-state index in [4.69, 9.17) is 9.47 Å². The molecule has 0 bridgehead atoms. The van der Waals surface area contributed by atoms with Crippen molar-refractivity contribution in [3.63, 3.8) is 0 Å². The molecule has 32 heavy (non-hydrogen) atoms. The number of benzene rings is 2. The van der Waals surface area contributed by atoms with Crippen molar-refractivity contribution in [2.45, 2.75) is 31.9 Å². The number of phenolic OH excluding ortho intramolecular Hbond substituents is 2. The van der Waals surface area contributed by atoms with Crippen LogP contribution in [-0.4, -0.2) is 57.1 Å². The minimum Gasteiger partial charge on any atom is -0.507 e. The molecule has 2 aliphatic heterocycles. The van der Waals surface area contributed by atoms with Crippen molar-refractivity contribution in [2.24, 2.45) is 0 Å². The predicted molar refractivity (Wildman–Crippen MR) is 117 cm³/mol. The Balaban J connectivity index is 1.65. The van der Waals surface area contributed by atoms with Crippen molar-refractivity contribution in [1.29, 1.82) is 0 Å². The number of para-hydroxylation sites is 1. The Morgan fingerprint density at radius 1 is 1.22 bits per heavy atom. The summed E-state index contributed by atoms with van der Waals surface area (Å²) in [5.41, 5.74) is 2.96. The highest BCUT2D eigenvalue weighted by molar-refractivity contribution is 6.00. The van der Waals surface area contributed by atoms with Crippen LogP contribution in [0.3, 0.4) is 0 Å². The monoisotopic (exact) mass is 435 g/mol. The maximum absolute atomic E-state index is 13.4. The quantitative estimate of drug-likeness (QED) is 0.546. The van der Waals surface area contributed by atoms with Crippen LogP contribution in [0.1, 0.15) is 47.4 Å². The average molecular weight is 435 g/mol. The summed E-state index contributed by atoms with van der Waals surface area (Å²) in [6.07, 6.45) is 1.84. The number of ether oxygens (including phenoxy) is 2. The van der Waals surface area contributed by atoms with Gasteiger partial charge < -0.3 is 24.6 Å². The first-order valence-electron chi connectivity index (χ1n) is 10.8. The maximum atomic E-state index is 13.4. The summed E-state index contributed by atoms with van der Waals surface area (Å²) in [6, 6.07) is 11.6. The first-order valence-corrected chi connectivity index (χ1v) is 10.8. The van der Waals surface area contributed by atoms with Gasteiger partial charge in [0.2, 0.25) is 0 Å². The highest BCUT2D eigenvalue weighted by atomic mass is 16.5. The van der Waals surface area contributed by atoms with E-state index in [1.807, 2.05) is 13.0 Å². The largest absolute Gasteiger partial charge is 0.507 e. The Labute approximate surface area is 185 Å². The lowest BCUT2D eigenvalue weighted by Crippen LogP contribution is -2.36. The molecule has 2 atom stereocenters. The van der Waals surface area contributed by atoms with E-state index >= 15 is 0 Å². The van der Waals surface area contributed by atoms with Crippen LogP contribution in [0, 0.1) is 0 Å². The number of hydrogen-bond acceptors (Lipinski definition) is 6. The van der Waals surface area contributed by atoms with E-state index in [0.29, 0.717) is 48.0 Å². The van der Waals surface area contributed by atoms with Crippen LogP contribution in [0.5, 0.6) is 17.2 Å². The number of rotatable bonds is 6. The summed E-state index contributed by atoms with van der Waals surface area (Å²) in [4.78, 5) is 15.2. The molecule has 1 fully saturated rings. The molecule has 1 amide bonds. The van der Waals surface area contributed by atoms with E-state index in [9.17, 15) is 15.0 Å². The molecule has 3 aromatic rings. The average Bonchev–Trinajstić information content (AvgIpc) is 3.50. The Hall–Kier alpha value is -3.52. The lowest BCUT2D eigenvalue weighted by atomic mass is 9.95. The highest BCUT2D eigenvalue weighted by Crippen LogP contribution is 2.46. The molecule has 8 heteroatoms. The summed E-state index contributed by atoms with van der Waals surface area (Å²) < 4.78 is 11.4. The van der Waals surface area contributed by atoms with Gasteiger partial charge in [-0.2, -0.15) is 5.10 Å². The Kier molecular flexibility index (Phi) is 5.22. The molecule has 3 heterocycles. The second kappa shape index (κ2) is 8.20. The van der Waals surface area contributed by atoms with Gasteiger partial charge in [0, 0.05) is 24.3 Å². The van der Waals surface area contributed by atoms with Gasteiger partial charge in [0.05, 0.1) is 18.8 Å². The minimum absolute atomic E-state index is 0.0320. The molecule has 1 aromatic heterocycles. The predicted octanol–water partition coefficient (Wildman–Crippen LogP) is 3.61.